The summed E-state index contributed by atoms with van der Waals surface area (Å²) in [5.41, 5.74) is 0.851. The summed E-state index contributed by atoms with van der Waals surface area (Å²) in [6, 6.07) is 19.9. The fourth-order valence-electron chi connectivity index (χ4n) is 5.13. The minimum absolute atomic E-state index is 0.0206. The Morgan fingerprint density at radius 1 is 0.703 bits per heavy atom. The van der Waals surface area contributed by atoms with Gasteiger partial charge in [-0.2, -0.15) is 0 Å². The highest BCUT2D eigenvalue weighted by atomic mass is 16.7. The van der Waals surface area contributed by atoms with Gasteiger partial charge in [0.25, 0.3) is 11.4 Å². The van der Waals surface area contributed by atoms with Crippen molar-refractivity contribution in [2.45, 2.75) is 31.7 Å². The number of rotatable bonds is 4. The molecule has 6 rings (SSSR count). The van der Waals surface area contributed by atoms with Gasteiger partial charge in [0.05, 0.1) is 27.6 Å². The molecule has 0 saturated heterocycles. The van der Waals surface area contributed by atoms with Gasteiger partial charge in [0.1, 0.15) is 0 Å². The van der Waals surface area contributed by atoms with E-state index in [2.05, 4.69) is 10.3 Å². The predicted octanol–water partition coefficient (Wildman–Crippen LogP) is 4.74. The molecule has 0 unspecified atom stereocenters. The van der Waals surface area contributed by atoms with Crippen LogP contribution in [0.3, 0.4) is 0 Å². The summed E-state index contributed by atoms with van der Waals surface area (Å²) in [7, 11) is 0. The molecule has 0 radical (unpaired) electrons. The summed E-state index contributed by atoms with van der Waals surface area (Å²) in [5, 5.41) is 31.1. The van der Waals surface area contributed by atoms with Gasteiger partial charge < -0.3 is 9.68 Å². The molecule has 37 heavy (non-hydrogen) atoms. The lowest BCUT2D eigenvalue weighted by Crippen LogP contribution is -2.53. The van der Waals surface area contributed by atoms with E-state index in [4.69, 9.17) is 9.68 Å². The number of nitrogens with zero attached hydrogens (tertiary/aromatic N) is 6. The summed E-state index contributed by atoms with van der Waals surface area (Å²) in [5.74, 6) is 1.01. The van der Waals surface area contributed by atoms with Crippen molar-refractivity contribution in [3.63, 3.8) is 0 Å². The standard InChI is InChI=1S/C25H20N6O6/c1-24-15-25(2)29(23(27-37-25)17-9-13-19(14-10-17)31(34)35)21-6-4-3-5-20(21)28(24)22(26-36-24)16-7-11-18(12-8-16)30(32)33/h3-14H,15H2,1-2H3/t24-,25-/m1/s1. The van der Waals surface area contributed by atoms with Gasteiger partial charge in [0.2, 0.25) is 11.4 Å². The number of hydrogen-bond acceptors (Lipinski definition) is 10. The van der Waals surface area contributed by atoms with Crippen LogP contribution in [0.2, 0.25) is 0 Å². The van der Waals surface area contributed by atoms with Crippen LogP contribution in [0.5, 0.6) is 0 Å². The molecule has 0 spiro atoms. The highest BCUT2D eigenvalue weighted by molar-refractivity contribution is 6.17. The van der Waals surface area contributed by atoms with Crippen LogP contribution in [-0.2, 0) is 9.68 Å². The molecule has 186 valence electrons. The lowest BCUT2D eigenvalue weighted by atomic mass is 9.99. The summed E-state index contributed by atoms with van der Waals surface area (Å²) in [6.07, 6.45) is 0.314. The van der Waals surface area contributed by atoms with E-state index in [0.29, 0.717) is 29.2 Å². The summed E-state index contributed by atoms with van der Waals surface area (Å²) in [6.45, 7) is 3.79. The summed E-state index contributed by atoms with van der Waals surface area (Å²) >= 11 is 0. The molecular weight excluding hydrogens is 480 g/mol. The van der Waals surface area contributed by atoms with E-state index in [9.17, 15) is 20.2 Å². The van der Waals surface area contributed by atoms with Crippen LogP contribution in [0, 0.1) is 20.2 Å². The van der Waals surface area contributed by atoms with Gasteiger partial charge in [0, 0.05) is 35.4 Å². The molecule has 0 bridgehead atoms. The molecule has 0 saturated carbocycles. The Kier molecular flexibility index (Phi) is 4.71. The summed E-state index contributed by atoms with van der Waals surface area (Å²) < 4.78 is 0. The van der Waals surface area contributed by atoms with E-state index in [0.717, 1.165) is 11.4 Å². The van der Waals surface area contributed by atoms with Gasteiger partial charge in [-0.25, -0.2) is 0 Å². The molecule has 0 N–H and O–H groups in total. The first-order valence-corrected chi connectivity index (χ1v) is 11.4. The fraction of sp³-hybridized carbons (Fsp3) is 0.200. The number of nitro groups is 2. The van der Waals surface area contributed by atoms with Crippen LogP contribution in [0.25, 0.3) is 0 Å². The monoisotopic (exact) mass is 500 g/mol. The summed E-state index contributed by atoms with van der Waals surface area (Å²) in [4.78, 5) is 37.4. The van der Waals surface area contributed by atoms with Gasteiger partial charge in [-0.15, -0.1) is 0 Å². The van der Waals surface area contributed by atoms with Gasteiger partial charge in [-0.3, -0.25) is 30.0 Å². The Balaban J connectivity index is 1.46. The topological polar surface area (TPSA) is 136 Å². The zero-order valence-corrected chi connectivity index (χ0v) is 19.8. The second-order valence-electron chi connectivity index (χ2n) is 9.31. The molecule has 3 aromatic carbocycles. The van der Waals surface area contributed by atoms with E-state index in [1.165, 1.54) is 24.3 Å². The van der Waals surface area contributed by atoms with E-state index >= 15 is 0 Å². The average Bonchev–Trinajstić information content (AvgIpc) is 3.38. The number of non-ortho nitro benzene ring substituents is 2. The van der Waals surface area contributed by atoms with E-state index in [-0.39, 0.29) is 11.4 Å². The van der Waals surface area contributed by atoms with Crippen molar-refractivity contribution in [2.24, 2.45) is 10.3 Å². The third-order valence-electron chi connectivity index (χ3n) is 6.72. The highest BCUT2D eigenvalue weighted by Gasteiger charge is 2.58. The Bertz CT molecular complexity index is 1390. The molecule has 12 nitrogen and oxygen atoms in total. The first-order chi connectivity index (χ1) is 17.7. The van der Waals surface area contributed by atoms with Crippen molar-refractivity contribution in [2.75, 3.05) is 9.80 Å². The molecule has 0 fully saturated rings. The molecule has 3 aliphatic heterocycles. The number of anilines is 2. The van der Waals surface area contributed by atoms with Crippen LogP contribution < -0.4 is 9.80 Å². The maximum atomic E-state index is 11.1. The molecule has 12 heteroatoms. The Morgan fingerprint density at radius 3 is 1.43 bits per heavy atom. The van der Waals surface area contributed by atoms with E-state index in [1.54, 1.807) is 24.3 Å². The Hall–Kier alpha value is -5.00. The maximum Gasteiger partial charge on any atom is 0.269 e. The van der Waals surface area contributed by atoms with Crippen molar-refractivity contribution in [3.05, 3.63) is 104 Å². The first-order valence-electron chi connectivity index (χ1n) is 11.4. The molecule has 0 aliphatic carbocycles. The lowest BCUT2D eigenvalue weighted by Gasteiger charge is -2.36. The number of nitro benzene ring substituents is 2. The van der Waals surface area contributed by atoms with Crippen molar-refractivity contribution in [1.82, 2.24) is 0 Å². The third-order valence-corrected chi connectivity index (χ3v) is 6.72. The molecule has 3 heterocycles. The molecular formula is C25H20N6O6. The van der Waals surface area contributed by atoms with E-state index in [1.807, 2.05) is 47.9 Å². The molecule has 0 amide bonds. The van der Waals surface area contributed by atoms with Crippen LogP contribution in [0.4, 0.5) is 22.7 Å². The Morgan fingerprint density at radius 2 is 1.08 bits per heavy atom. The quantitative estimate of drug-likeness (QED) is 0.370. The molecule has 2 atom stereocenters. The second-order valence-corrected chi connectivity index (χ2v) is 9.31. The lowest BCUT2D eigenvalue weighted by molar-refractivity contribution is -0.385. The number of amidine groups is 2. The second kappa shape index (κ2) is 7.75. The number of fused-ring (bicyclic) bond motifs is 5. The molecule has 0 aromatic heterocycles. The fourth-order valence-corrected chi connectivity index (χ4v) is 5.13. The predicted molar refractivity (Wildman–Crippen MR) is 134 cm³/mol. The smallest absolute Gasteiger partial charge is 0.269 e. The number of oxime groups is 2. The number of hydrogen-bond donors (Lipinski definition) is 0. The van der Waals surface area contributed by atoms with Crippen molar-refractivity contribution in [3.8, 4) is 0 Å². The number of para-hydroxylation sites is 2. The van der Waals surface area contributed by atoms with Crippen molar-refractivity contribution in [1.29, 1.82) is 0 Å². The van der Waals surface area contributed by atoms with Crippen molar-refractivity contribution < 1.29 is 19.5 Å². The zero-order valence-electron chi connectivity index (χ0n) is 19.8. The molecule has 3 aliphatic rings. The minimum Gasteiger partial charge on any atom is -0.365 e. The van der Waals surface area contributed by atoms with Crippen molar-refractivity contribution >= 4 is 34.4 Å². The normalized spacial score (nSPS) is 23.5. The van der Waals surface area contributed by atoms with Gasteiger partial charge in [-0.1, -0.05) is 22.4 Å². The highest BCUT2D eigenvalue weighted by Crippen LogP contribution is 2.51. The first kappa shape index (κ1) is 22.5. The average molecular weight is 500 g/mol. The largest absolute Gasteiger partial charge is 0.365 e. The van der Waals surface area contributed by atoms with Gasteiger partial charge in [-0.05, 0) is 50.2 Å². The van der Waals surface area contributed by atoms with E-state index < -0.39 is 21.3 Å². The SMILES string of the molecule is C[C@@]12C[C@@]3(C)ON=C(c4ccc([N+](=O)[O-])cc4)N3c3ccccc3N1C(c1ccc([N+](=O)[O-])cc1)=NO2. The minimum atomic E-state index is -0.975. The van der Waals surface area contributed by atoms with Crippen LogP contribution in [0.1, 0.15) is 31.4 Å². The number of benzene rings is 3. The third kappa shape index (κ3) is 3.37. The van der Waals surface area contributed by atoms with Crippen LogP contribution in [-0.4, -0.2) is 33.0 Å². The van der Waals surface area contributed by atoms with Crippen LogP contribution in [0.15, 0.2) is 83.1 Å². The van der Waals surface area contributed by atoms with Gasteiger partial charge in [0.15, 0.2) is 11.7 Å². The zero-order chi connectivity index (χ0) is 25.9. The van der Waals surface area contributed by atoms with Gasteiger partial charge >= 0.3 is 0 Å². The maximum absolute atomic E-state index is 11.1. The van der Waals surface area contributed by atoms with Crippen LogP contribution >= 0.6 is 0 Å². The Labute approximate surface area is 210 Å². The molecule has 3 aromatic rings.